The van der Waals surface area contributed by atoms with E-state index in [0.29, 0.717) is 6.42 Å². The summed E-state index contributed by atoms with van der Waals surface area (Å²) in [5.41, 5.74) is -0.468. The average Bonchev–Trinajstić information content (AvgIpc) is 2.01. The Kier molecular flexibility index (Phi) is 5.33. The van der Waals surface area contributed by atoms with Crippen molar-refractivity contribution in [2.45, 2.75) is 53.0 Å². The Balaban J connectivity index is 4.28. The molecule has 1 atom stereocenters. The van der Waals surface area contributed by atoms with E-state index in [-0.39, 0.29) is 18.4 Å². The van der Waals surface area contributed by atoms with Gasteiger partial charge in [-0.25, -0.2) is 0 Å². The lowest BCUT2D eigenvalue weighted by molar-refractivity contribution is -0.138. The van der Waals surface area contributed by atoms with Gasteiger partial charge in [-0.15, -0.1) is 0 Å². The zero-order valence-electron chi connectivity index (χ0n) is 9.96. The highest BCUT2D eigenvalue weighted by atomic mass is 16.4. The lowest BCUT2D eigenvalue weighted by atomic mass is 9.94. The van der Waals surface area contributed by atoms with Crippen molar-refractivity contribution in [1.82, 2.24) is 5.32 Å². The smallest absolute Gasteiger partial charge is 0.305 e. The van der Waals surface area contributed by atoms with E-state index < -0.39 is 11.4 Å². The molecule has 0 saturated carbocycles. The summed E-state index contributed by atoms with van der Waals surface area (Å²) in [5, 5.41) is 11.4. The van der Waals surface area contributed by atoms with E-state index in [4.69, 9.17) is 5.11 Å². The summed E-state index contributed by atoms with van der Waals surface area (Å²) in [6, 6.07) is -0.251. The molecule has 0 aromatic carbocycles. The number of carbonyl (C=O) groups is 2. The number of carboxylic acid groups (broad SMARTS) is 1. The first-order chi connectivity index (χ1) is 6.77. The van der Waals surface area contributed by atoms with Gasteiger partial charge >= 0.3 is 5.97 Å². The molecule has 15 heavy (non-hydrogen) atoms. The van der Waals surface area contributed by atoms with Gasteiger partial charge in [0.05, 0.1) is 6.42 Å². The number of hydrogen-bond acceptors (Lipinski definition) is 2. The minimum Gasteiger partial charge on any atom is -0.481 e. The summed E-state index contributed by atoms with van der Waals surface area (Å²) < 4.78 is 0. The number of nitrogens with one attached hydrogen (secondary N) is 1. The molecule has 0 rings (SSSR count). The highest BCUT2D eigenvalue weighted by molar-refractivity contribution is 5.82. The van der Waals surface area contributed by atoms with Crippen LogP contribution in [0.1, 0.15) is 47.0 Å². The second kappa shape index (κ2) is 5.73. The fourth-order valence-corrected chi connectivity index (χ4v) is 1.19. The van der Waals surface area contributed by atoms with E-state index in [9.17, 15) is 9.59 Å². The van der Waals surface area contributed by atoms with E-state index in [1.54, 1.807) is 0 Å². The van der Waals surface area contributed by atoms with Crippen LogP contribution < -0.4 is 5.32 Å². The van der Waals surface area contributed by atoms with Gasteiger partial charge < -0.3 is 10.4 Å². The fraction of sp³-hybridized carbons (Fsp3) is 0.818. The molecule has 4 nitrogen and oxygen atoms in total. The molecule has 0 radical (unpaired) electrons. The molecule has 0 aliphatic heterocycles. The summed E-state index contributed by atoms with van der Waals surface area (Å²) in [5.74, 6) is -0.968. The Morgan fingerprint density at radius 1 is 1.33 bits per heavy atom. The van der Waals surface area contributed by atoms with Gasteiger partial charge in [-0.3, -0.25) is 9.59 Å². The van der Waals surface area contributed by atoms with E-state index >= 15 is 0 Å². The van der Waals surface area contributed by atoms with Crippen LogP contribution in [-0.2, 0) is 9.59 Å². The lowest BCUT2D eigenvalue weighted by Gasteiger charge is -2.23. The number of carboxylic acids is 1. The van der Waals surface area contributed by atoms with Crippen molar-refractivity contribution in [3.63, 3.8) is 0 Å². The van der Waals surface area contributed by atoms with Crippen molar-refractivity contribution in [3.8, 4) is 0 Å². The first kappa shape index (κ1) is 13.9. The molecule has 0 aromatic heterocycles. The van der Waals surface area contributed by atoms with Crippen LogP contribution >= 0.6 is 0 Å². The molecule has 0 heterocycles. The normalized spacial score (nSPS) is 13.3. The van der Waals surface area contributed by atoms with Crippen LogP contribution in [0.4, 0.5) is 0 Å². The standard InChI is InChI=1S/C11H21NO3/c1-5-6-8(7-9(13)14)12-10(15)11(2,3)4/h8H,5-7H2,1-4H3,(H,12,15)(H,13,14). The maximum absolute atomic E-state index is 11.6. The van der Waals surface area contributed by atoms with E-state index in [2.05, 4.69) is 5.32 Å². The Morgan fingerprint density at radius 2 is 1.87 bits per heavy atom. The average molecular weight is 215 g/mol. The molecule has 88 valence electrons. The second-order valence-corrected chi connectivity index (χ2v) is 4.81. The summed E-state index contributed by atoms with van der Waals surface area (Å²) in [6.07, 6.45) is 1.56. The Morgan fingerprint density at radius 3 is 2.20 bits per heavy atom. The summed E-state index contributed by atoms with van der Waals surface area (Å²) in [4.78, 5) is 22.2. The Bertz CT molecular complexity index is 230. The lowest BCUT2D eigenvalue weighted by Crippen LogP contribution is -2.42. The van der Waals surface area contributed by atoms with Gasteiger partial charge in [0.15, 0.2) is 0 Å². The first-order valence-electron chi connectivity index (χ1n) is 5.30. The van der Waals surface area contributed by atoms with E-state index in [1.807, 2.05) is 27.7 Å². The quantitative estimate of drug-likeness (QED) is 0.734. The van der Waals surface area contributed by atoms with Gasteiger partial charge in [-0.05, 0) is 6.42 Å². The fourth-order valence-electron chi connectivity index (χ4n) is 1.19. The van der Waals surface area contributed by atoms with E-state index in [0.717, 1.165) is 6.42 Å². The van der Waals surface area contributed by atoms with Crippen molar-refractivity contribution in [3.05, 3.63) is 0 Å². The SMILES string of the molecule is CCCC(CC(=O)O)NC(=O)C(C)(C)C. The molecule has 1 unspecified atom stereocenters. The van der Waals surface area contributed by atoms with Crippen LogP contribution in [0.15, 0.2) is 0 Å². The molecule has 2 N–H and O–H groups in total. The van der Waals surface area contributed by atoms with Gasteiger partial charge in [-0.2, -0.15) is 0 Å². The summed E-state index contributed by atoms with van der Waals surface area (Å²) in [6.45, 7) is 7.41. The molecule has 0 aromatic rings. The number of rotatable bonds is 5. The predicted molar refractivity (Wildman–Crippen MR) is 58.5 cm³/mol. The maximum atomic E-state index is 11.6. The monoisotopic (exact) mass is 215 g/mol. The molecule has 0 aliphatic carbocycles. The maximum Gasteiger partial charge on any atom is 0.305 e. The first-order valence-corrected chi connectivity index (χ1v) is 5.30. The van der Waals surface area contributed by atoms with Gasteiger partial charge in [0.25, 0.3) is 0 Å². The summed E-state index contributed by atoms with van der Waals surface area (Å²) >= 11 is 0. The van der Waals surface area contributed by atoms with Crippen molar-refractivity contribution in [2.75, 3.05) is 0 Å². The third kappa shape index (κ3) is 6.10. The van der Waals surface area contributed by atoms with Gasteiger partial charge in [0.2, 0.25) is 5.91 Å². The van der Waals surface area contributed by atoms with Gasteiger partial charge in [-0.1, -0.05) is 34.1 Å². The van der Waals surface area contributed by atoms with Crippen molar-refractivity contribution in [2.24, 2.45) is 5.41 Å². The Labute approximate surface area is 91.1 Å². The van der Waals surface area contributed by atoms with Crippen molar-refractivity contribution in [1.29, 1.82) is 0 Å². The molecule has 0 spiro atoms. The van der Waals surface area contributed by atoms with Crippen LogP contribution in [0.5, 0.6) is 0 Å². The number of hydrogen-bond donors (Lipinski definition) is 2. The Hall–Kier alpha value is -1.06. The van der Waals surface area contributed by atoms with Crippen LogP contribution in [0, 0.1) is 5.41 Å². The zero-order valence-corrected chi connectivity index (χ0v) is 9.96. The molecular weight excluding hydrogens is 194 g/mol. The number of carbonyl (C=O) groups excluding carboxylic acids is 1. The summed E-state index contributed by atoms with van der Waals surface area (Å²) in [7, 11) is 0. The second-order valence-electron chi connectivity index (χ2n) is 4.81. The highest BCUT2D eigenvalue weighted by Crippen LogP contribution is 2.14. The van der Waals surface area contributed by atoms with Gasteiger partial charge in [0, 0.05) is 11.5 Å². The molecule has 0 fully saturated rings. The third-order valence-electron chi connectivity index (χ3n) is 2.07. The van der Waals surface area contributed by atoms with E-state index in [1.165, 1.54) is 0 Å². The largest absolute Gasteiger partial charge is 0.481 e. The van der Waals surface area contributed by atoms with Crippen LogP contribution in [0.25, 0.3) is 0 Å². The molecular formula is C11H21NO3. The molecule has 0 aliphatic rings. The topological polar surface area (TPSA) is 66.4 Å². The minimum atomic E-state index is -0.873. The van der Waals surface area contributed by atoms with Crippen LogP contribution in [-0.4, -0.2) is 23.0 Å². The molecule has 4 heteroatoms. The van der Waals surface area contributed by atoms with Gasteiger partial charge in [0.1, 0.15) is 0 Å². The van der Waals surface area contributed by atoms with Crippen LogP contribution in [0.3, 0.4) is 0 Å². The predicted octanol–water partition coefficient (Wildman–Crippen LogP) is 1.79. The van der Waals surface area contributed by atoms with Crippen LogP contribution in [0.2, 0.25) is 0 Å². The molecule has 1 amide bonds. The molecule has 0 saturated heterocycles. The molecule has 0 bridgehead atoms. The highest BCUT2D eigenvalue weighted by Gasteiger charge is 2.24. The third-order valence-corrected chi connectivity index (χ3v) is 2.07. The van der Waals surface area contributed by atoms with Crippen molar-refractivity contribution < 1.29 is 14.7 Å². The minimum absolute atomic E-state index is 0.00431. The number of amides is 1. The number of aliphatic carboxylic acids is 1. The van der Waals surface area contributed by atoms with Crippen molar-refractivity contribution >= 4 is 11.9 Å². The zero-order chi connectivity index (χ0) is 12.1.